The van der Waals surface area contributed by atoms with Crippen LogP contribution in [0.5, 0.6) is 5.75 Å². The number of nitrogens with one attached hydrogen (secondary N) is 1. The van der Waals surface area contributed by atoms with Crippen LogP contribution in [0.2, 0.25) is 0 Å². The number of carbonyl (C=O) groups excluding carboxylic acids is 1. The molecule has 1 amide bonds. The van der Waals surface area contributed by atoms with Crippen LogP contribution in [-0.4, -0.2) is 46.8 Å². The summed E-state index contributed by atoms with van der Waals surface area (Å²) in [5.74, 6) is 0.694. The van der Waals surface area contributed by atoms with Gasteiger partial charge in [-0.15, -0.1) is 0 Å². The van der Waals surface area contributed by atoms with E-state index in [0.717, 1.165) is 46.8 Å². The van der Waals surface area contributed by atoms with Crippen LogP contribution in [0.4, 0.5) is 5.69 Å². The lowest BCUT2D eigenvalue weighted by atomic mass is 10.1. The minimum atomic E-state index is -0.0983. The Hall–Kier alpha value is -1.86. The smallest absolute Gasteiger partial charge is 0.221 e. The van der Waals surface area contributed by atoms with Gasteiger partial charge in [-0.3, -0.25) is 14.4 Å². The fraction of sp³-hybridized carbons (Fsp3) is 0.474. The average molecular weight is 421 g/mol. The molecule has 0 spiro atoms. The highest BCUT2D eigenvalue weighted by Gasteiger charge is 2.16. The van der Waals surface area contributed by atoms with Gasteiger partial charge in [-0.2, -0.15) is 5.10 Å². The van der Waals surface area contributed by atoms with Crippen LogP contribution >= 0.6 is 15.9 Å². The molecular formula is C19H25BrN4O2. The molecule has 140 valence electrons. The van der Waals surface area contributed by atoms with E-state index in [-0.39, 0.29) is 5.91 Å². The first kappa shape index (κ1) is 18.9. The molecule has 1 aromatic carbocycles. The van der Waals surface area contributed by atoms with Gasteiger partial charge >= 0.3 is 0 Å². The number of carbonyl (C=O) groups is 1. The second kappa shape index (κ2) is 8.68. The molecule has 1 aliphatic heterocycles. The van der Waals surface area contributed by atoms with Crippen molar-refractivity contribution in [1.82, 2.24) is 14.7 Å². The molecule has 0 saturated carbocycles. The van der Waals surface area contributed by atoms with Crippen molar-refractivity contribution in [2.24, 2.45) is 7.05 Å². The van der Waals surface area contributed by atoms with Gasteiger partial charge in [-0.05, 0) is 60.1 Å². The molecule has 2 heterocycles. The van der Waals surface area contributed by atoms with Crippen LogP contribution in [-0.2, 0) is 11.8 Å². The largest absolute Gasteiger partial charge is 0.492 e. The van der Waals surface area contributed by atoms with Gasteiger partial charge in [0.25, 0.3) is 0 Å². The molecule has 0 bridgehead atoms. The molecule has 0 unspecified atom stereocenters. The number of rotatable bonds is 6. The summed E-state index contributed by atoms with van der Waals surface area (Å²) in [6.45, 7) is 5.39. The Balaban J connectivity index is 1.80. The number of ether oxygens (including phenoxy) is 1. The molecule has 1 aliphatic rings. The molecule has 0 atom stereocenters. The minimum absolute atomic E-state index is 0.0983. The third-order valence-electron chi connectivity index (χ3n) is 4.56. The number of aryl methyl sites for hydroxylation is 1. The summed E-state index contributed by atoms with van der Waals surface area (Å²) >= 11 is 3.56. The van der Waals surface area contributed by atoms with Crippen molar-refractivity contribution < 1.29 is 9.53 Å². The molecule has 1 aromatic heterocycles. The maximum absolute atomic E-state index is 11.4. The van der Waals surface area contributed by atoms with Crippen LogP contribution in [0.1, 0.15) is 26.2 Å². The Bertz CT molecular complexity index is 749. The van der Waals surface area contributed by atoms with Crippen molar-refractivity contribution >= 4 is 27.5 Å². The number of piperidine rings is 1. The zero-order valence-electron chi connectivity index (χ0n) is 15.3. The predicted octanol–water partition coefficient (Wildman–Crippen LogP) is 3.67. The zero-order chi connectivity index (χ0) is 18.5. The van der Waals surface area contributed by atoms with E-state index < -0.39 is 0 Å². The molecule has 1 N–H and O–H groups in total. The number of benzene rings is 1. The van der Waals surface area contributed by atoms with E-state index >= 15 is 0 Å². The molecule has 1 saturated heterocycles. The van der Waals surface area contributed by atoms with E-state index in [9.17, 15) is 4.79 Å². The molecule has 0 radical (unpaired) electrons. The standard InChI is InChI=1S/C19H25BrN4O2/c1-14(25)22-15-6-7-18(26-11-10-24-8-4-3-5-9-24)16(12-15)19-17(20)13-21-23(19)2/h6-7,12-13H,3-5,8-11H2,1-2H3,(H,22,25). The lowest BCUT2D eigenvalue weighted by molar-refractivity contribution is -0.114. The summed E-state index contributed by atoms with van der Waals surface area (Å²) in [4.78, 5) is 13.9. The molecule has 1 fully saturated rings. The van der Waals surface area contributed by atoms with Gasteiger partial charge in [0.1, 0.15) is 12.4 Å². The fourth-order valence-electron chi connectivity index (χ4n) is 3.30. The molecular weight excluding hydrogens is 396 g/mol. The van der Waals surface area contributed by atoms with Gasteiger partial charge in [-0.1, -0.05) is 6.42 Å². The maximum Gasteiger partial charge on any atom is 0.221 e. The van der Waals surface area contributed by atoms with E-state index in [1.54, 1.807) is 10.9 Å². The quantitative estimate of drug-likeness (QED) is 0.774. The number of nitrogens with zero attached hydrogens (tertiary/aromatic N) is 3. The minimum Gasteiger partial charge on any atom is -0.492 e. The molecule has 2 aromatic rings. The maximum atomic E-state index is 11.4. The van der Waals surface area contributed by atoms with Gasteiger partial charge in [0.05, 0.1) is 16.4 Å². The lowest BCUT2D eigenvalue weighted by Crippen LogP contribution is -2.33. The second-order valence-electron chi connectivity index (χ2n) is 6.61. The van der Waals surface area contributed by atoms with Gasteiger partial charge < -0.3 is 10.1 Å². The number of anilines is 1. The lowest BCUT2D eigenvalue weighted by Gasteiger charge is -2.26. The normalized spacial score (nSPS) is 15.0. The zero-order valence-corrected chi connectivity index (χ0v) is 16.9. The van der Waals surface area contributed by atoms with Crippen molar-refractivity contribution in [2.45, 2.75) is 26.2 Å². The third-order valence-corrected chi connectivity index (χ3v) is 5.14. The van der Waals surface area contributed by atoms with Crippen LogP contribution < -0.4 is 10.1 Å². The van der Waals surface area contributed by atoms with Gasteiger partial charge in [0.15, 0.2) is 0 Å². The monoisotopic (exact) mass is 420 g/mol. The van der Waals surface area contributed by atoms with Crippen molar-refractivity contribution in [2.75, 3.05) is 31.6 Å². The number of hydrogen-bond donors (Lipinski definition) is 1. The van der Waals surface area contributed by atoms with E-state index in [1.165, 1.54) is 26.2 Å². The predicted molar refractivity (Wildman–Crippen MR) is 106 cm³/mol. The van der Waals surface area contributed by atoms with Crippen LogP contribution in [0.3, 0.4) is 0 Å². The van der Waals surface area contributed by atoms with Crippen molar-refractivity contribution in [3.8, 4) is 17.0 Å². The molecule has 6 nitrogen and oxygen atoms in total. The van der Waals surface area contributed by atoms with Crippen LogP contribution in [0, 0.1) is 0 Å². The van der Waals surface area contributed by atoms with Gasteiger partial charge in [0.2, 0.25) is 5.91 Å². The van der Waals surface area contributed by atoms with Crippen LogP contribution in [0.25, 0.3) is 11.3 Å². The van der Waals surface area contributed by atoms with Crippen molar-refractivity contribution in [1.29, 1.82) is 0 Å². The molecule has 0 aliphatic carbocycles. The number of aromatic nitrogens is 2. The molecule has 26 heavy (non-hydrogen) atoms. The van der Waals surface area contributed by atoms with Gasteiger partial charge in [0, 0.05) is 31.8 Å². The second-order valence-corrected chi connectivity index (χ2v) is 7.46. The first-order chi connectivity index (χ1) is 12.5. The summed E-state index contributed by atoms with van der Waals surface area (Å²) in [6, 6.07) is 5.71. The topological polar surface area (TPSA) is 59.4 Å². The Labute approximate surface area is 162 Å². The summed E-state index contributed by atoms with van der Waals surface area (Å²) in [7, 11) is 1.89. The number of amides is 1. The van der Waals surface area contributed by atoms with Crippen molar-refractivity contribution in [3.05, 3.63) is 28.9 Å². The number of likely N-dealkylation sites (tertiary alicyclic amines) is 1. The van der Waals surface area contributed by atoms with E-state index in [2.05, 4.69) is 31.2 Å². The van der Waals surface area contributed by atoms with Crippen LogP contribution in [0.15, 0.2) is 28.9 Å². The average Bonchev–Trinajstić information content (AvgIpc) is 2.95. The highest BCUT2D eigenvalue weighted by molar-refractivity contribution is 9.10. The van der Waals surface area contributed by atoms with Crippen molar-refractivity contribution in [3.63, 3.8) is 0 Å². The molecule has 3 rings (SSSR count). The summed E-state index contributed by atoms with van der Waals surface area (Å²) in [6.07, 6.45) is 5.65. The first-order valence-corrected chi connectivity index (χ1v) is 9.78. The Morgan fingerprint density at radius 1 is 1.31 bits per heavy atom. The summed E-state index contributed by atoms with van der Waals surface area (Å²) in [5, 5.41) is 7.13. The highest BCUT2D eigenvalue weighted by atomic mass is 79.9. The van der Waals surface area contributed by atoms with E-state index in [4.69, 9.17) is 4.74 Å². The van der Waals surface area contributed by atoms with Gasteiger partial charge in [-0.25, -0.2) is 0 Å². The first-order valence-electron chi connectivity index (χ1n) is 8.99. The number of halogens is 1. The fourth-order valence-corrected chi connectivity index (χ4v) is 3.87. The summed E-state index contributed by atoms with van der Waals surface area (Å²) in [5.41, 5.74) is 2.57. The molecule has 7 heteroatoms. The Morgan fingerprint density at radius 2 is 2.08 bits per heavy atom. The summed E-state index contributed by atoms with van der Waals surface area (Å²) < 4.78 is 8.81. The Morgan fingerprint density at radius 3 is 2.73 bits per heavy atom. The third kappa shape index (κ3) is 4.65. The number of hydrogen-bond acceptors (Lipinski definition) is 4. The SMILES string of the molecule is CC(=O)Nc1ccc(OCCN2CCCCC2)c(-c2c(Br)cnn2C)c1. The highest BCUT2D eigenvalue weighted by Crippen LogP contribution is 2.36. The van der Waals surface area contributed by atoms with E-state index in [0.29, 0.717) is 6.61 Å². The van der Waals surface area contributed by atoms with E-state index in [1.807, 2.05) is 25.2 Å². The Kier molecular flexibility index (Phi) is 6.32.